The molecule has 21 heavy (non-hydrogen) atoms. The second kappa shape index (κ2) is 7.66. The van der Waals surface area contributed by atoms with Crippen molar-refractivity contribution in [1.82, 2.24) is 0 Å². The highest BCUT2D eigenvalue weighted by Gasteiger charge is 2.53. The summed E-state index contributed by atoms with van der Waals surface area (Å²) in [7, 11) is -9.35. The van der Waals surface area contributed by atoms with Gasteiger partial charge in [0.05, 0.1) is 8.80 Å². The summed E-state index contributed by atoms with van der Waals surface area (Å²) in [6.07, 6.45) is 0.756. The van der Waals surface area contributed by atoms with Crippen molar-refractivity contribution in [3.63, 3.8) is 0 Å². The van der Waals surface area contributed by atoms with Gasteiger partial charge in [0.15, 0.2) is 25.0 Å². The number of hydrogen-bond donors (Lipinski definition) is 0. The number of rotatable bonds is 9. The second-order valence-corrected chi connectivity index (χ2v) is 28.4. The Morgan fingerprint density at radius 1 is 0.619 bits per heavy atom. The second-order valence-electron chi connectivity index (χ2n) is 8.85. The van der Waals surface area contributed by atoms with E-state index in [2.05, 4.69) is 72.0 Å². The molecule has 9 heteroatoms. The summed E-state index contributed by atoms with van der Waals surface area (Å²) in [6, 6.07) is 0. The van der Waals surface area contributed by atoms with Gasteiger partial charge in [-0.15, -0.1) is 0 Å². The van der Waals surface area contributed by atoms with Crippen LogP contribution in [0.3, 0.4) is 0 Å². The van der Waals surface area contributed by atoms with Crippen molar-refractivity contribution in [1.29, 1.82) is 0 Å². The molecule has 0 aromatic carbocycles. The molecule has 4 nitrogen and oxygen atoms in total. The lowest BCUT2D eigenvalue weighted by Gasteiger charge is -2.41. The van der Waals surface area contributed by atoms with Crippen molar-refractivity contribution in [2.45, 2.75) is 72.0 Å². The largest absolute Gasteiger partial charge is 0.647 e. The SMILES string of the molecule is C[SiH](C)CO[Si](O[Si](C)(C)C)(O[Si](C)(C)C)O[Si](C)(C)C. The smallest absolute Gasteiger partial charge is 0.395 e. The monoisotopic (exact) mass is 384 g/mol. The van der Waals surface area contributed by atoms with Gasteiger partial charge in [-0.3, -0.25) is 0 Å². The third-order valence-corrected chi connectivity index (χ3v) is 13.9. The zero-order valence-electron chi connectivity index (χ0n) is 15.9. The molecule has 0 radical (unpaired) electrons. The van der Waals surface area contributed by atoms with E-state index in [-0.39, 0.29) is 0 Å². The summed E-state index contributed by atoms with van der Waals surface area (Å²) in [5.41, 5.74) is 0. The van der Waals surface area contributed by atoms with Gasteiger partial charge < -0.3 is 16.8 Å². The van der Waals surface area contributed by atoms with Crippen molar-refractivity contribution < 1.29 is 16.8 Å². The molecule has 0 saturated heterocycles. The first-order chi connectivity index (χ1) is 9.04. The Hall–Kier alpha value is 0.924. The van der Waals surface area contributed by atoms with Gasteiger partial charge in [0.2, 0.25) is 0 Å². The van der Waals surface area contributed by atoms with E-state index in [0.717, 1.165) is 6.23 Å². The minimum atomic E-state index is -3.04. The van der Waals surface area contributed by atoms with Crippen molar-refractivity contribution in [3.05, 3.63) is 0 Å². The highest BCUT2D eigenvalue weighted by molar-refractivity contribution is 6.88. The molecule has 128 valence electrons. The lowest BCUT2D eigenvalue weighted by molar-refractivity contribution is 0.101. The molecule has 0 heterocycles. The summed E-state index contributed by atoms with van der Waals surface area (Å²) in [4.78, 5) is 0. The fraction of sp³-hybridized carbons (Fsp3) is 1.00. The molecular formula is C12H36O4Si5. The van der Waals surface area contributed by atoms with Crippen LogP contribution in [0.25, 0.3) is 0 Å². The van der Waals surface area contributed by atoms with Crippen LogP contribution >= 0.6 is 0 Å². The first-order valence-electron chi connectivity index (χ1n) is 7.78. The number of hydrogen-bond acceptors (Lipinski definition) is 4. The average molecular weight is 385 g/mol. The third kappa shape index (κ3) is 12.1. The van der Waals surface area contributed by atoms with E-state index in [1.165, 1.54) is 0 Å². The van der Waals surface area contributed by atoms with Crippen LogP contribution < -0.4 is 0 Å². The van der Waals surface area contributed by atoms with Gasteiger partial charge in [-0.05, 0) is 58.9 Å². The van der Waals surface area contributed by atoms with Crippen molar-refractivity contribution in [2.24, 2.45) is 0 Å². The standard InChI is InChI=1S/C12H36O4Si5/c1-17(2)12-13-21(14-18(3,4)5,15-19(6,7)8)16-20(9,10)11/h17H,12H2,1-11H3. The molecule has 0 aromatic heterocycles. The van der Waals surface area contributed by atoms with Crippen LogP contribution in [0.15, 0.2) is 0 Å². The molecule has 0 atom stereocenters. The van der Waals surface area contributed by atoms with Crippen LogP contribution in [0, 0.1) is 0 Å². The first kappa shape index (κ1) is 21.9. The third-order valence-electron chi connectivity index (χ3n) is 1.89. The molecule has 0 fully saturated rings. The van der Waals surface area contributed by atoms with Crippen LogP contribution in [0.1, 0.15) is 0 Å². The van der Waals surface area contributed by atoms with Crippen LogP contribution in [0.4, 0.5) is 0 Å². The van der Waals surface area contributed by atoms with Crippen LogP contribution in [0.2, 0.25) is 72.0 Å². The van der Waals surface area contributed by atoms with Gasteiger partial charge in [-0.2, -0.15) is 0 Å². The Bertz CT molecular complexity index is 276. The van der Waals surface area contributed by atoms with Gasteiger partial charge >= 0.3 is 9.05 Å². The van der Waals surface area contributed by atoms with E-state index in [1.807, 2.05) is 0 Å². The molecule has 0 aromatic rings. The molecule has 0 aliphatic carbocycles. The van der Waals surface area contributed by atoms with E-state index in [9.17, 15) is 0 Å². The Balaban J connectivity index is 5.46. The first-order valence-corrected chi connectivity index (χ1v) is 22.8. The average Bonchev–Trinajstić information content (AvgIpc) is 2.05. The maximum atomic E-state index is 6.43. The Kier molecular flexibility index (Phi) is 8.00. The van der Waals surface area contributed by atoms with E-state index in [4.69, 9.17) is 16.8 Å². The predicted octanol–water partition coefficient (Wildman–Crippen LogP) is 4.02. The highest BCUT2D eigenvalue weighted by Crippen LogP contribution is 2.26. The highest BCUT2D eigenvalue weighted by atomic mass is 28.5. The van der Waals surface area contributed by atoms with Crippen LogP contribution in [-0.4, -0.2) is 49.0 Å². The molecule has 0 rings (SSSR count). The van der Waals surface area contributed by atoms with E-state index in [0.29, 0.717) is 0 Å². The Morgan fingerprint density at radius 2 is 0.905 bits per heavy atom. The van der Waals surface area contributed by atoms with Crippen molar-refractivity contribution in [3.8, 4) is 0 Å². The topological polar surface area (TPSA) is 36.9 Å². The zero-order valence-corrected chi connectivity index (χ0v) is 21.1. The van der Waals surface area contributed by atoms with Gasteiger partial charge in [0, 0.05) is 6.23 Å². The van der Waals surface area contributed by atoms with Gasteiger partial charge in [0.1, 0.15) is 0 Å². The fourth-order valence-corrected chi connectivity index (χ4v) is 15.0. The molecule has 0 aliphatic heterocycles. The fourth-order valence-electron chi connectivity index (χ4n) is 1.54. The molecular weight excluding hydrogens is 349 g/mol. The summed E-state index contributed by atoms with van der Waals surface area (Å²) >= 11 is 0. The molecule has 0 saturated carbocycles. The minimum Gasteiger partial charge on any atom is -0.395 e. The molecule has 0 N–H and O–H groups in total. The lowest BCUT2D eigenvalue weighted by Crippen LogP contribution is -2.63. The Morgan fingerprint density at radius 3 is 1.10 bits per heavy atom. The van der Waals surface area contributed by atoms with Gasteiger partial charge in [-0.1, -0.05) is 13.1 Å². The molecule has 0 bridgehead atoms. The zero-order chi connectivity index (χ0) is 17.1. The summed E-state index contributed by atoms with van der Waals surface area (Å²) in [5, 5.41) is 0. The maximum Gasteiger partial charge on any atom is 0.647 e. The van der Waals surface area contributed by atoms with Crippen LogP contribution in [-0.2, 0) is 16.8 Å². The van der Waals surface area contributed by atoms with E-state index in [1.54, 1.807) is 0 Å². The van der Waals surface area contributed by atoms with Crippen molar-refractivity contribution >= 4 is 42.8 Å². The molecule has 0 amide bonds. The van der Waals surface area contributed by atoms with Gasteiger partial charge in [-0.25, -0.2) is 0 Å². The normalized spacial score (nSPS) is 14.9. The van der Waals surface area contributed by atoms with E-state index >= 15 is 0 Å². The maximum absolute atomic E-state index is 6.43. The van der Waals surface area contributed by atoms with E-state index < -0.39 is 42.8 Å². The molecule has 0 spiro atoms. The summed E-state index contributed by atoms with van der Waals surface area (Å²) in [5.74, 6) is 0. The molecule has 0 aliphatic rings. The lowest BCUT2D eigenvalue weighted by atomic mass is 11.7. The predicted molar refractivity (Wildman–Crippen MR) is 104 cm³/mol. The van der Waals surface area contributed by atoms with Crippen molar-refractivity contribution in [2.75, 3.05) is 6.23 Å². The Labute approximate surface area is 138 Å². The van der Waals surface area contributed by atoms with Crippen LogP contribution in [0.5, 0.6) is 0 Å². The van der Waals surface area contributed by atoms with Gasteiger partial charge in [0.25, 0.3) is 0 Å². The summed E-state index contributed by atoms with van der Waals surface area (Å²) < 4.78 is 25.5. The summed E-state index contributed by atoms with van der Waals surface area (Å²) in [6.45, 7) is 24.1. The molecule has 0 unspecified atom stereocenters. The minimum absolute atomic E-state index is 0.756. The quantitative estimate of drug-likeness (QED) is 0.563.